The van der Waals surface area contributed by atoms with Crippen molar-refractivity contribution in [1.82, 2.24) is 14.9 Å². The first-order valence-electron chi connectivity index (χ1n) is 9.85. The van der Waals surface area contributed by atoms with Crippen LogP contribution in [-0.4, -0.2) is 41.1 Å². The average molecular weight is 385 g/mol. The highest BCUT2D eigenvalue weighted by molar-refractivity contribution is 6.30. The molecule has 5 nitrogen and oxygen atoms in total. The van der Waals surface area contributed by atoms with E-state index in [0.29, 0.717) is 6.61 Å². The zero-order chi connectivity index (χ0) is 18.3. The van der Waals surface area contributed by atoms with Gasteiger partial charge in [0, 0.05) is 36.4 Å². The summed E-state index contributed by atoms with van der Waals surface area (Å²) in [6.45, 7) is 5.33. The lowest BCUT2D eigenvalue weighted by molar-refractivity contribution is 0.0503. The van der Waals surface area contributed by atoms with Crippen LogP contribution in [0.25, 0.3) is 0 Å². The molecule has 1 aromatic heterocycles. The molecule has 6 heteroatoms. The maximum Gasteiger partial charge on any atom is 0.222 e. The molecule has 1 spiro atoms. The van der Waals surface area contributed by atoms with Crippen LogP contribution in [-0.2, 0) is 23.3 Å². The molecule has 142 valence electrons. The highest BCUT2D eigenvalue weighted by Crippen LogP contribution is 2.39. The fourth-order valence-corrected chi connectivity index (χ4v) is 4.42. The number of aromatic nitrogens is 2. The maximum absolute atomic E-state index is 6.01. The molecule has 0 radical (unpaired) electrons. The number of nitrogens with zero attached hydrogens (tertiary/aromatic N) is 3. The van der Waals surface area contributed by atoms with Crippen LogP contribution in [0, 0.1) is 5.92 Å². The molecule has 1 N–H and O–H groups in total. The van der Waals surface area contributed by atoms with Gasteiger partial charge < -0.3 is 10.1 Å². The first-order chi connectivity index (χ1) is 13.2. The molecule has 1 atom stereocenters. The molecule has 1 aliphatic carbocycles. The molecule has 0 unspecified atom stereocenters. The van der Waals surface area contributed by atoms with E-state index in [1.807, 2.05) is 18.3 Å². The molecule has 1 saturated carbocycles. The number of nitrogens with one attached hydrogen (secondary N) is 1. The zero-order valence-electron chi connectivity index (χ0n) is 15.5. The fourth-order valence-electron chi connectivity index (χ4n) is 4.29. The van der Waals surface area contributed by atoms with Crippen LogP contribution in [0.15, 0.2) is 30.5 Å². The van der Waals surface area contributed by atoms with E-state index in [4.69, 9.17) is 21.3 Å². The Morgan fingerprint density at radius 1 is 1.26 bits per heavy atom. The molecule has 3 aliphatic rings. The summed E-state index contributed by atoms with van der Waals surface area (Å²) >= 11 is 6.01. The molecule has 0 bridgehead atoms. The molecular weight excluding hydrogens is 360 g/mol. The molecule has 0 amide bonds. The molecule has 27 heavy (non-hydrogen) atoms. The molecule has 3 heterocycles. The molecule has 5 rings (SSSR count). The second-order valence-corrected chi connectivity index (χ2v) is 8.69. The van der Waals surface area contributed by atoms with Crippen molar-refractivity contribution in [3.05, 3.63) is 52.3 Å². The van der Waals surface area contributed by atoms with Crippen LogP contribution >= 0.6 is 11.6 Å². The fraction of sp³-hybridized carbons (Fsp3) is 0.524. The highest BCUT2D eigenvalue weighted by Gasteiger charge is 2.44. The minimum absolute atomic E-state index is 0.0149. The SMILES string of the molecule is Clc1ccc(CN2CC[C@]3(COCc4cnc(NCC5CC5)nc43)C2)cc1. The largest absolute Gasteiger partial charge is 0.376 e. The zero-order valence-corrected chi connectivity index (χ0v) is 16.2. The van der Waals surface area contributed by atoms with Gasteiger partial charge in [-0.3, -0.25) is 4.90 Å². The van der Waals surface area contributed by atoms with E-state index in [0.717, 1.165) is 61.7 Å². The predicted octanol–water partition coefficient (Wildman–Crippen LogP) is 3.63. The van der Waals surface area contributed by atoms with Crippen LogP contribution in [0.5, 0.6) is 0 Å². The first kappa shape index (κ1) is 17.4. The van der Waals surface area contributed by atoms with Gasteiger partial charge in [-0.05, 0) is 49.4 Å². The second kappa shape index (κ2) is 7.04. The predicted molar refractivity (Wildman–Crippen MR) is 106 cm³/mol. The standard InChI is InChI=1S/C21H25ClN4O/c22-18-5-3-16(4-6-18)11-26-8-7-21(13-26)14-27-12-17-10-24-20(25-19(17)21)23-9-15-1-2-15/h3-6,10,15H,1-2,7-9,11-14H2,(H,23,24,25)/t21-/m1/s1. The van der Waals surface area contributed by atoms with Crippen LogP contribution < -0.4 is 5.32 Å². The number of likely N-dealkylation sites (tertiary alicyclic amines) is 1. The molecule has 2 aliphatic heterocycles. The minimum atomic E-state index is -0.0149. The number of hydrogen-bond acceptors (Lipinski definition) is 5. The van der Waals surface area contributed by atoms with Gasteiger partial charge in [-0.25, -0.2) is 9.97 Å². The van der Waals surface area contributed by atoms with Crippen molar-refractivity contribution in [2.24, 2.45) is 5.92 Å². The third-order valence-corrected chi connectivity index (χ3v) is 6.25. The summed E-state index contributed by atoms with van der Waals surface area (Å²) in [5.74, 6) is 1.58. The van der Waals surface area contributed by atoms with Gasteiger partial charge >= 0.3 is 0 Å². The maximum atomic E-state index is 6.01. The van der Waals surface area contributed by atoms with Crippen LogP contribution in [0.3, 0.4) is 0 Å². The van der Waals surface area contributed by atoms with Crippen LogP contribution in [0.2, 0.25) is 5.02 Å². The number of anilines is 1. The van der Waals surface area contributed by atoms with Crippen molar-refractivity contribution in [3.63, 3.8) is 0 Å². The Hall–Kier alpha value is -1.69. The quantitative estimate of drug-likeness (QED) is 0.853. The van der Waals surface area contributed by atoms with E-state index in [1.54, 1.807) is 0 Å². The Labute approximate surface area is 165 Å². The second-order valence-electron chi connectivity index (χ2n) is 8.25. The lowest BCUT2D eigenvalue weighted by Crippen LogP contribution is -2.40. The summed E-state index contributed by atoms with van der Waals surface area (Å²) < 4.78 is 5.95. The summed E-state index contributed by atoms with van der Waals surface area (Å²) in [7, 11) is 0. The first-order valence-corrected chi connectivity index (χ1v) is 10.2. The van der Waals surface area contributed by atoms with E-state index in [1.165, 1.54) is 24.1 Å². The van der Waals surface area contributed by atoms with Gasteiger partial charge in [-0.15, -0.1) is 0 Å². The van der Waals surface area contributed by atoms with E-state index in [-0.39, 0.29) is 5.41 Å². The third-order valence-electron chi connectivity index (χ3n) is 6.00. The monoisotopic (exact) mass is 384 g/mol. The van der Waals surface area contributed by atoms with Crippen molar-refractivity contribution in [3.8, 4) is 0 Å². The Bertz CT molecular complexity index is 823. The van der Waals surface area contributed by atoms with Crippen molar-refractivity contribution in [1.29, 1.82) is 0 Å². The van der Waals surface area contributed by atoms with Gasteiger partial charge in [-0.1, -0.05) is 23.7 Å². The number of benzene rings is 1. The number of fused-ring (bicyclic) bond motifs is 2. The number of rotatable bonds is 5. The Morgan fingerprint density at radius 3 is 2.93 bits per heavy atom. The van der Waals surface area contributed by atoms with E-state index >= 15 is 0 Å². The number of hydrogen-bond donors (Lipinski definition) is 1. The van der Waals surface area contributed by atoms with E-state index < -0.39 is 0 Å². The Balaban J connectivity index is 1.34. The van der Waals surface area contributed by atoms with Gasteiger partial charge in [0.2, 0.25) is 5.95 Å². The van der Waals surface area contributed by atoms with Crippen molar-refractivity contribution in [2.75, 3.05) is 31.6 Å². The number of halogens is 1. The summed E-state index contributed by atoms with van der Waals surface area (Å²) in [5.41, 5.74) is 3.62. The van der Waals surface area contributed by atoms with Crippen LogP contribution in [0.4, 0.5) is 5.95 Å². The third kappa shape index (κ3) is 3.68. The van der Waals surface area contributed by atoms with Gasteiger partial charge in [0.1, 0.15) is 0 Å². The summed E-state index contributed by atoms with van der Waals surface area (Å²) in [5, 5.41) is 4.22. The van der Waals surface area contributed by atoms with Crippen LogP contribution in [0.1, 0.15) is 36.1 Å². The van der Waals surface area contributed by atoms with Gasteiger partial charge in [0.05, 0.1) is 24.3 Å². The van der Waals surface area contributed by atoms with E-state index in [2.05, 4.69) is 27.3 Å². The van der Waals surface area contributed by atoms with E-state index in [9.17, 15) is 0 Å². The normalized spacial score (nSPS) is 24.9. The number of ether oxygens (including phenoxy) is 1. The molecule has 2 aromatic rings. The smallest absolute Gasteiger partial charge is 0.222 e. The van der Waals surface area contributed by atoms with Gasteiger partial charge in [0.15, 0.2) is 0 Å². The molecule has 1 aromatic carbocycles. The Morgan fingerprint density at radius 2 is 2.11 bits per heavy atom. The lowest BCUT2D eigenvalue weighted by Gasteiger charge is -2.34. The van der Waals surface area contributed by atoms with Gasteiger partial charge in [-0.2, -0.15) is 0 Å². The van der Waals surface area contributed by atoms with Crippen molar-refractivity contribution >= 4 is 17.5 Å². The molecular formula is C21H25ClN4O. The molecule has 2 fully saturated rings. The summed E-state index contributed by atoms with van der Waals surface area (Å²) in [6, 6.07) is 8.15. The summed E-state index contributed by atoms with van der Waals surface area (Å²) in [4.78, 5) is 12.0. The lowest BCUT2D eigenvalue weighted by atomic mass is 9.80. The minimum Gasteiger partial charge on any atom is -0.376 e. The summed E-state index contributed by atoms with van der Waals surface area (Å²) in [6.07, 6.45) is 5.69. The topological polar surface area (TPSA) is 50.3 Å². The van der Waals surface area contributed by atoms with Crippen molar-refractivity contribution in [2.45, 2.75) is 37.8 Å². The Kier molecular flexibility index (Phi) is 4.54. The molecule has 1 saturated heterocycles. The van der Waals surface area contributed by atoms with Crippen molar-refractivity contribution < 1.29 is 4.74 Å². The van der Waals surface area contributed by atoms with Gasteiger partial charge in [0.25, 0.3) is 0 Å². The highest BCUT2D eigenvalue weighted by atomic mass is 35.5. The average Bonchev–Trinajstić information content (AvgIpc) is 3.44.